The zero-order valence-electron chi connectivity index (χ0n) is 39.7. The lowest BCUT2D eigenvalue weighted by molar-refractivity contribution is -0.887. The van der Waals surface area contributed by atoms with E-state index in [0.29, 0.717) is 19.3 Å². The summed E-state index contributed by atoms with van der Waals surface area (Å²) in [7, 11) is 5.52. The molecule has 8 nitrogen and oxygen atoms in total. The Kier molecular flexibility index (Phi) is 41.0. The predicted molar refractivity (Wildman–Crippen MR) is 252 cm³/mol. The van der Waals surface area contributed by atoms with E-state index in [-0.39, 0.29) is 36.2 Å². The van der Waals surface area contributed by atoms with Gasteiger partial charge in [0.05, 0.1) is 34.4 Å². The number of hydrogen-bond donors (Lipinski definition) is 1. The number of carboxylic acid groups (broad SMARTS) is 1. The van der Waals surface area contributed by atoms with Crippen molar-refractivity contribution in [1.29, 1.82) is 0 Å². The molecule has 0 aliphatic heterocycles. The van der Waals surface area contributed by atoms with Crippen molar-refractivity contribution in [1.82, 2.24) is 0 Å². The van der Waals surface area contributed by atoms with Gasteiger partial charge in [0.2, 0.25) is 0 Å². The van der Waals surface area contributed by atoms with E-state index in [2.05, 4.69) is 62.5 Å². The van der Waals surface area contributed by atoms with Gasteiger partial charge >= 0.3 is 17.9 Å². The quantitative estimate of drug-likeness (QED) is 0.0282. The lowest BCUT2D eigenvalue weighted by Gasteiger charge is -2.31. The van der Waals surface area contributed by atoms with Crippen LogP contribution < -0.4 is 0 Å². The lowest BCUT2D eigenvalue weighted by Crippen LogP contribution is -2.50. The van der Waals surface area contributed by atoms with Gasteiger partial charge in [-0.25, -0.2) is 4.79 Å². The van der Waals surface area contributed by atoms with Crippen molar-refractivity contribution in [3.63, 3.8) is 0 Å². The van der Waals surface area contributed by atoms with Crippen molar-refractivity contribution in [3.8, 4) is 0 Å². The van der Waals surface area contributed by atoms with Crippen LogP contribution in [0.15, 0.2) is 48.6 Å². The molecular weight excluding hydrogens is 751 g/mol. The largest absolute Gasteiger partial charge is 0.477 e. The number of carboxylic acids is 1. The molecule has 0 aromatic heterocycles. The molecule has 0 aromatic rings. The molecule has 8 heteroatoms. The van der Waals surface area contributed by atoms with Crippen LogP contribution in [-0.4, -0.2) is 80.6 Å². The van der Waals surface area contributed by atoms with E-state index >= 15 is 0 Å². The minimum absolute atomic E-state index is 0.0490. The Morgan fingerprint density at radius 3 is 1.42 bits per heavy atom. The van der Waals surface area contributed by atoms with Gasteiger partial charge in [0, 0.05) is 19.3 Å². The summed E-state index contributed by atoms with van der Waals surface area (Å²) >= 11 is 0. The number of ether oxygens (including phenoxy) is 3. The summed E-state index contributed by atoms with van der Waals surface area (Å²) in [6, 6.07) is -0.621. The second kappa shape index (κ2) is 43.0. The van der Waals surface area contributed by atoms with Crippen molar-refractivity contribution in [3.05, 3.63) is 48.6 Å². The maximum Gasteiger partial charge on any atom is 0.362 e. The number of carbonyl (C=O) groups is 3. The highest BCUT2D eigenvalue weighted by Gasteiger charge is 2.31. The second-order valence-corrected chi connectivity index (χ2v) is 17.7. The van der Waals surface area contributed by atoms with Gasteiger partial charge in [-0.05, 0) is 70.6 Å². The molecule has 2 unspecified atom stereocenters. The average molecular weight is 845 g/mol. The van der Waals surface area contributed by atoms with Gasteiger partial charge in [0.1, 0.15) is 6.61 Å². The molecule has 0 rings (SSSR count). The van der Waals surface area contributed by atoms with E-state index in [9.17, 15) is 19.5 Å². The number of hydrogen-bond acceptors (Lipinski definition) is 6. The van der Waals surface area contributed by atoms with E-state index in [4.69, 9.17) is 14.2 Å². The summed E-state index contributed by atoms with van der Waals surface area (Å²) in [5, 5.41) is 9.63. The number of aliphatic carboxylic acids is 1. The third-order valence-corrected chi connectivity index (χ3v) is 11.0. The van der Waals surface area contributed by atoms with Crippen molar-refractivity contribution < 1.29 is 38.2 Å². The Labute approximate surface area is 369 Å². The standard InChI is InChI=1S/C52H93NO7/c1-6-8-10-12-14-16-18-20-21-22-23-24-25-26-27-28-29-31-32-34-36-38-40-42-50(54)59-47-48(46-58-45-44-49(52(56)57)53(3,4)5)60-51(55)43-41-39-37-35-33-30-19-17-15-13-11-9-7-2/h9,11,15,17,22-23,30,33,48-49H,6-8,10,12-14,16,18-21,24-29,31-32,34-47H2,1-5H3/p+1/b11-9-,17-15-,23-22-,33-30-. The summed E-state index contributed by atoms with van der Waals surface area (Å²) in [5.41, 5.74) is 0. The normalized spacial score (nSPS) is 13.3. The Morgan fingerprint density at radius 2 is 0.933 bits per heavy atom. The molecule has 0 fully saturated rings. The third kappa shape index (κ3) is 40.7. The minimum Gasteiger partial charge on any atom is -0.477 e. The van der Waals surface area contributed by atoms with Crippen LogP contribution in [0.25, 0.3) is 0 Å². The highest BCUT2D eigenvalue weighted by molar-refractivity contribution is 5.72. The third-order valence-electron chi connectivity index (χ3n) is 11.0. The average Bonchev–Trinajstić information content (AvgIpc) is 3.21. The summed E-state index contributed by atoms with van der Waals surface area (Å²) in [4.78, 5) is 37.0. The van der Waals surface area contributed by atoms with Gasteiger partial charge in [-0.2, -0.15) is 0 Å². The van der Waals surface area contributed by atoms with Crippen molar-refractivity contribution in [2.75, 3.05) is 41.0 Å². The second-order valence-electron chi connectivity index (χ2n) is 17.7. The number of rotatable bonds is 44. The van der Waals surface area contributed by atoms with Crippen LogP contribution in [-0.2, 0) is 28.6 Å². The SMILES string of the molecule is CC/C=C\C/C=C\C/C=C\CCCCCC(=O)OC(COCCC(C(=O)O)[N+](C)(C)C)COC(=O)CCCCCCCCCCCCC/C=C\CCCCCCCCCC. The molecule has 0 saturated carbocycles. The van der Waals surface area contributed by atoms with Gasteiger partial charge in [0.15, 0.2) is 12.1 Å². The molecule has 0 aromatic carbocycles. The van der Waals surface area contributed by atoms with Crippen molar-refractivity contribution in [2.24, 2.45) is 0 Å². The fourth-order valence-corrected chi connectivity index (χ4v) is 7.16. The van der Waals surface area contributed by atoms with Crippen molar-refractivity contribution in [2.45, 2.75) is 225 Å². The fraction of sp³-hybridized carbons (Fsp3) is 0.788. The van der Waals surface area contributed by atoms with E-state index in [1.807, 2.05) is 21.1 Å². The lowest BCUT2D eigenvalue weighted by atomic mass is 10.0. The zero-order chi connectivity index (χ0) is 44.2. The van der Waals surface area contributed by atoms with Crippen LogP contribution in [0.1, 0.15) is 213 Å². The first-order chi connectivity index (χ1) is 29.1. The molecule has 0 aliphatic carbocycles. The topological polar surface area (TPSA) is 99.1 Å². The number of carbonyl (C=O) groups excluding carboxylic acids is 2. The van der Waals surface area contributed by atoms with Gasteiger partial charge in [-0.15, -0.1) is 0 Å². The van der Waals surface area contributed by atoms with E-state index in [0.717, 1.165) is 64.2 Å². The molecule has 2 atom stereocenters. The van der Waals surface area contributed by atoms with Crippen LogP contribution in [0, 0.1) is 0 Å². The number of likely N-dealkylation sites (N-methyl/N-ethyl adjacent to an activating group) is 1. The van der Waals surface area contributed by atoms with Crippen LogP contribution in [0.3, 0.4) is 0 Å². The molecule has 0 heterocycles. The summed E-state index contributed by atoms with van der Waals surface area (Å²) < 4.78 is 17.3. The first-order valence-electron chi connectivity index (χ1n) is 24.7. The Morgan fingerprint density at radius 1 is 0.517 bits per heavy atom. The highest BCUT2D eigenvalue weighted by Crippen LogP contribution is 2.15. The number of nitrogens with zero attached hydrogens (tertiary/aromatic N) is 1. The number of quaternary nitrogens is 1. The predicted octanol–water partition coefficient (Wildman–Crippen LogP) is 14.0. The van der Waals surface area contributed by atoms with E-state index < -0.39 is 18.1 Å². The number of allylic oxidation sites excluding steroid dienone is 8. The van der Waals surface area contributed by atoms with Gasteiger partial charge in [-0.3, -0.25) is 9.59 Å². The number of esters is 2. The van der Waals surface area contributed by atoms with E-state index in [1.165, 1.54) is 116 Å². The van der Waals surface area contributed by atoms with Crippen LogP contribution in [0.2, 0.25) is 0 Å². The summed E-state index contributed by atoms with van der Waals surface area (Å²) in [5.74, 6) is -1.50. The Hall–Kier alpha value is -2.71. The zero-order valence-corrected chi connectivity index (χ0v) is 39.7. The molecule has 0 aliphatic rings. The molecule has 0 saturated heterocycles. The van der Waals surface area contributed by atoms with Gasteiger partial charge in [-0.1, -0.05) is 172 Å². The first kappa shape index (κ1) is 57.3. The van der Waals surface area contributed by atoms with Crippen LogP contribution in [0.5, 0.6) is 0 Å². The van der Waals surface area contributed by atoms with Gasteiger partial charge < -0.3 is 23.8 Å². The monoisotopic (exact) mass is 845 g/mol. The smallest absolute Gasteiger partial charge is 0.362 e. The Bertz CT molecular complexity index is 1120. The van der Waals surface area contributed by atoms with Crippen molar-refractivity contribution >= 4 is 17.9 Å². The number of unbranched alkanes of at least 4 members (excludes halogenated alkanes) is 22. The maximum atomic E-state index is 12.7. The first-order valence-corrected chi connectivity index (χ1v) is 24.7. The molecule has 0 radical (unpaired) electrons. The fourth-order valence-electron chi connectivity index (χ4n) is 7.16. The summed E-state index contributed by atoms with van der Waals surface area (Å²) in [6.45, 7) is 4.60. The summed E-state index contributed by atoms with van der Waals surface area (Å²) in [6.07, 6.45) is 51.7. The van der Waals surface area contributed by atoms with Crippen LogP contribution in [0.4, 0.5) is 0 Å². The maximum absolute atomic E-state index is 12.7. The minimum atomic E-state index is -0.880. The van der Waals surface area contributed by atoms with E-state index in [1.54, 1.807) is 0 Å². The van der Waals surface area contributed by atoms with Crippen LogP contribution >= 0.6 is 0 Å². The van der Waals surface area contributed by atoms with Gasteiger partial charge in [0.25, 0.3) is 0 Å². The molecular formula is C52H94NO7+. The molecule has 348 valence electrons. The highest BCUT2D eigenvalue weighted by atomic mass is 16.6. The molecule has 60 heavy (non-hydrogen) atoms. The molecule has 0 spiro atoms. The molecule has 0 amide bonds. The molecule has 1 N–H and O–H groups in total. The molecule has 0 bridgehead atoms. The Balaban J connectivity index is 4.20.